The molecule has 11 aromatic carbocycles. The lowest BCUT2D eigenvalue weighted by Gasteiger charge is -2.28. The van der Waals surface area contributed by atoms with Gasteiger partial charge < -0.3 is 18.5 Å². The normalized spacial score (nSPS) is 11.8. The maximum atomic E-state index is 6.98. The first kappa shape index (κ1) is 38.2. The van der Waals surface area contributed by atoms with E-state index in [1.165, 1.54) is 43.6 Å². The maximum absolute atomic E-state index is 6.98. The second-order valence-corrected chi connectivity index (χ2v) is 17.6. The van der Waals surface area contributed by atoms with Crippen molar-refractivity contribution in [2.75, 3.05) is 4.90 Å². The number of nitrogens with zero attached hydrogens (tertiary/aromatic N) is 3. The zero-order valence-corrected chi connectivity index (χ0v) is 36.9. The summed E-state index contributed by atoms with van der Waals surface area (Å²) >= 11 is 0. The summed E-state index contributed by atoms with van der Waals surface area (Å²) in [6, 6.07) is 89.9. The van der Waals surface area contributed by atoms with Gasteiger partial charge in [-0.15, -0.1) is 0 Å². The van der Waals surface area contributed by atoms with Crippen molar-refractivity contribution in [1.82, 2.24) is 9.13 Å². The van der Waals surface area contributed by atoms with Crippen LogP contribution in [0, 0.1) is 0 Å². The number of furan rings is 1. The number of benzene rings is 11. The second-order valence-electron chi connectivity index (χ2n) is 17.6. The molecule has 0 saturated heterocycles. The Kier molecular flexibility index (Phi) is 8.55. The molecular weight excluding hydrogens is 827 g/mol. The molecule has 0 bridgehead atoms. The molecule has 3 aromatic heterocycles. The Morgan fingerprint density at radius 2 is 0.824 bits per heavy atom. The lowest BCUT2D eigenvalue weighted by atomic mass is 9.98. The Morgan fingerprint density at radius 1 is 0.309 bits per heavy atom. The van der Waals surface area contributed by atoms with E-state index in [9.17, 15) is 0 Å². The Labute approximate surface area is 392 Å². The number of anilines is 3. The molecule has 318 valence electrons. The minimum absolute atomic E-state index is 0.877. The molecule has 0 N–H and O–H groups in total. The Morgan fingerprint density at radius 3 is 1.51 bits per heavy atom. The standard InChI is InChI=1S/C64H41N3O/c1-2-21-48-42(17-1)37-40-56-55-28-16-27-54(64(55)68-63(48)56)53-26-8-10-30-58(53)65(45-18-15-19-46(41-45)66-59-31-11-4-22-49(59)50-23-5-12-32-60(50)66)44-38-35-43(36-39-44)47-20-3-9-29-57(47)67-61-33-13-6-24-51(61)52-25-7-14-34-62(52)67/h1-41H. The average Bonchev–Trinajstić information content (AvgIpc) is 4.08. The van der Waals surface area contributed by atoms with Gasteiger partial charge >= 0.3 is 0 Å². The molecule has 3 heterocycles. The largest absolute Gasteiger partial charge is 0.455 e. The van der Waals surface area contributed by atoms with Crippen LogP contribution in [0.4, 0.5) is 17.1 Å². The molecule has 14 rings (SSSR count). The van der Waals surface area contributed by atoms with Crippen molar-refractivity contribution in [3.63, 3.8) is 0 Å². The predicted octanol–water partition coefficient (Wildman–Crippen LogP) is 17.7. The third-order valence-corrected chi connectivity index (χ3v) is 13.9. The third kappa shape index (κ3) is 5.81. The van der Waals surface area contributed by atoms with Crippen LogP contribution in [0.15, 0.2) is 253 Å². The van der Waals surface area contributed by atoms with Gasteiger partial charge in [-0.25, -0.2) is 0 Å². The van der Waals surface area contributed by atoms with Gasteiger partial charge in [-0.2, -0.15) is 0 Å². The zero-order chi connectivity index (χ0) is 44.7. The van der Waals surface area contributed by atoms with Crippen LogP contribution in [0.2, 0.25) is 0 Å². The lowest BCUT2D eigenvalue weighted by molar-refractivity contribution is 0.674. The molecule has 0 spiro atoms. The summed E-state index contributed by atoms with van der Waals surface area (Å²) in [4.78, 5) is 2.41. The van der Waals surface area contributed by atoms with Gasteiger partial charge in [0, 0.05) is 71.5 Å². The average molecular weight is 868 g/mol. The fourth-order valence-electron chi connectivity index (χ4n) is 10.9. The Bertz CT molecular complexity index is 4180. The van der Waals surface area contributed by atoms with Crippen LogP contribution in [0.5, 0.6) is 0 Å². The van der Waals surface area contributed by atoms with Crippen LogP contribution in [0.25, 0.3) is 110 Å². The summed E-state index contributed by atoms with van der Waals surface area (Å²) in [5.41, 5.74) is 16.3. The molecular formula is C64H41N3O. The number of hydrogen-bond acceptors (Lipinski definition) is 2. The van der Waals surface area contributed by atoms with E-state index in [1.54, 1.807) is 0 Å². The first-order chi connectivity index (χ1) is 33.8. The van der Waals surface area contributed by atoms with E-state index in [4.69, 9.17) is 4.42 Å². The van der Waals surface area contributed by atoms with Crippen LogP contribution in [0.3, 0.4) is 0 Å². The van der Waals surface area contributed by atoms with E-state index in [-0.39, 0.29) is 0 Å². The second kappa shape index (κ2) is 15.2. The lowest BCUT2D eigenvalue weighted by Crippen LogP contribution is -2.12. The highest BCUT2D eigenvalue weighted by Gasteiger charge is 2.23. The van der Waals surface area contributed by atoms with Crippen molar-refractivity contribution in [3.05, 3.63) is 249 Å². The molecule has 68 heavy (non-hydrogen) atoms. The van der Waals surface area contributed by atoms with Gasteiger partial charge in [0.1, 0.15) is 11.2 Å². The molecule has 0 unspecified atom stereocenters. The third-order valence-electron chi connectivity index (χ3n) is 13.9. The van der Waals surface area contributed by atoms with Crippen molar-refractivity contribution in [1.29, 1.82) is 0 Å². The highest BCUT2D eigenvalue weighted by Crippen LogP contribution is 2.46. The van der Waals surface area contributed by atoms with E-state index in [0.29, 0.717) is 0 Å². The number of fused-ring (bicyclic) bond motifs is 11. The summed E-state index contributed by atoms with van der Waals surface area (Å²) in [5, 5.41) is 9.46. The van der Waals surface area contributed by atoms with E-state index in [0.717, 1.165) is 83.4 Å². The zero-order valence-electron chi connectivity index (χ0n) is 36.9. The predicted molar refractivity (Wildman–Crippen MR) is 285 cm³/mol. The molecule has 0 amide bonds. The fourth-order valence-corrected chi connectivity index (χ4v) is 10.9. The molecule has 14 aromatic rings. The minimum Gasteiger partial charge on any atom is -0.455 e. The summed E-state index contributed by atoms with van der Waals surface area (Å²) in [7, 11) is 0. The number of hydrogen-bond donors (Lipinski definition) is 0. The first-order valence-electron chi connectivity index (χ1n) is 23.3. The monoisotopic (exact) mass is 867 g/mol. The Balaban J connectivity index is 0.970. The molecule has 0 aliphatic carbocycles. The number of para-hydroxylation sites is 7. The van der Waals surface area contributed by atoms with Crippen LogP contribution in [-0.4, -0.2) is 9.13 Å². The van der Waals surface area contributed by atoms with E-state index >= 15 is 0 Å². The summed E-state index contributed by atoms with van der Waals surface area (Å²) in [5.74, 6) is 0. The van der Waals surface area contributed by atoms with Gasteiger partial charge in [-0.05, 0) is 83.7 Å². The van der Waals surface area contributed by atoms with Crippen LogP contribution < -0.4 is 4.90 Å². The molecule has 0 aliphatic rings. The topological polar surface area (TPSA) is 26.2 Å². The van der Waals surface area contributed by atoms with Crippen molar-refractivity contribution in [2.45, 2.75) is 0 Å². The summed E-state index contributed by atoms with van der Waals surface area (Å²) < 4.78 is 11.8. The van der Waals surface area contributed by atoms with Crippen LogP contribution in [0.1, 0.15) is 0 Å². The van der Waals surface area contributed by atoms with Gasteiger partial charge in [0.15, 0.2) is 0 Å². The quantitative estimate of drug-likeness (QED) is 0.160. The maximum Gasteiger partial charge on any atom is 0.143 e. The van der Waals surface area contributed by atoms with E-state index < -0.39 is 0 Å². The van der Waals surface area contributed by atoms with Crippen molar-refractivity contribution < 1.29 is 4.42 Å². The van der Waals surface area contributed by atoms with Crippen molar-refractivity contribution in [2.24, 2.45) is 0 Å². The van der Waals surface area contributed by atoms with E-state index in [2.05, 4.69) is 263 Å². The summed E-state index contributed by atoms with van der Waals surface area (Å²) in [6.07, 6.45) is 0. The fraction of sp³-hybridized carbons (Fsp3) is 0. The summed E-state index contributed by atoms with van der Waals surface area (Å²) in [6.45, 7) is 0. The molecule has 4 nitrogen and oxygen atoms in total. The van der Waals surface area contributed by atoms with E-state index in [1.807, 2.05) is 0 Å². The molecule has 0 aliphatic heterocycles. The smallest absolute Gasteiger partial charge is 0.143 e. The molecule has 0 atom stereocenters. The molecule has 4 heteroatoms. The molecule has 0 radical (unpaired) electrons. The van der Waals surface area contributed by atoms with Gasteiger partial charge in [-0.3, -0.25) is 0 Å². The minimum atomic E-state index is 0.877. The van der Waals surface area contributed by atoms with Crippen molar-refractivity contribution in [3.8, 4) is 33.6 Å². The van der Waals surface area contributed by atoms with Gasteiger partial charge in [0.25, 0.3) is 0 Å². The van der Waals surface area contributed by atoms with Gasteiger partial charge in [-0.1, -0.05) is 176 Å². The number of aromatic nitrogens is 2. The van der Waals surface area contributed by atoms with Gasteiger partial charge in [0.2, 0.25) is 0 Å². The molecule has 0 fully saturated rings. The highest BCUT2D eigenvalue weighted by molar-refractivity contribution is 6.18. The van der Waals surface area contributed by atoms with Crippen LogP contribution in [-0.2, 0) is 0 Å². The number of rotatable bonds is 7. The van der Waals surface area contributed by atoms with Crippen LogP contribution >= 0.6 is 0 Å². The first-order valence-corrected chi connectivity index (χ1v) is 23.3. The Hall–Kier alpha value is -9.12. The highest BCUT2D eigenvalue weighted by atomic mass is 16.3. The van der Waals surface area contributed by atoms with Gasteiger partial charge in [0.05, 0.1) is 33.4 Å². The molecule has 0 saturated carbocycles. The van der Waals surface area contributed by atoms with Crippen molar-refractivity contribution >= 4 is 93.4 Å². The SMILES string of the molecule is c1cc(N(c2ccc(-c3ccccc3-n3c4ccccc4c4ccccc43)cc2)c2ccccc2-c2cccc3c2oc2c4ccccc4ccc32)cc(-n2c3ccccc3c3ccccc32)c1.